The average Bonchev–Trinajstić information content (AvgIpc) is 3.18. The third kappa shape index (κ3) is 5.20. The first-order valence-electron chi connectivity index (χ1n) is 8.90. The minimum absolute atomic E-state index is 0.134. The van der Waals surface area contributed by atoms with Crippen LogP contribution in [0.3, 0.4) is 0 Å². The Bertz CT molecular complexity index is 1140. The van der Waals surface area contributed by atoms with Crippen molar-refractivity contribution in [2.75, 3.05) is 26.1 Å². The Labute approximate surface area is 190 Å². The second-order valence-electron chi connectivity index (χ2n) is 6.25. The summed E-state index contributed by atoms with van der Waals surface area (Å²) in [7, 11) is 2.81. The first-order valence-corrected chi connectivity index (χ1v) is 9.66. The van der Waals surface area contributed by atoms with Gasteiger partial charge < -0.3 is 19.5 Å². The lowest BCUT2D eigenvalue weighted by atomic mass is 10.2. The van der Waals surface area contributed by atoms with Crippen LogP contribution < -0.4 is 19.5 Å². The second-order valence-corrected chi connectivity index (χ2v) is 7.07. The van der Waals surface area contributed by atoms with Crippen molar-refractivity contribution in [2.45, 2.75) is 6.18 Å². The number of benzene rings is 2. The van der Waals surface area contributed by atoms with Crippen LogP contribution in [0.4, 0.5) is 18.9 Å². The zero-order chi connectivity index (χ0) is 23.5. The molecule has 12 heteroatoms. The summed E-state index contributed by atoms with van der Waals surface area (Å²) in [5.41, 5.74) is -0.896. The van der Waals surface area contributed by atoms with Gasteiger partial charge >= 0.3 is 6.18 Å². The van der Waals surface area contributed by atoms with Crippen LogP contribution in [0.5, 0.6) is 17.4 Å². The van der Waals surface area contributed by atoms with Crippen LogP contribution in [0.15, 0.2) is 42.5 Å². The maximum absolute atomic E-state index is 13.2. The van der Waals surface area contributed by atoms with E-state index in [4.69, 9.17) is 37.4 Å². The summed E-state index contributed by atoms with van der Waals surface area (Å²) in [4.78, 5) is 12.4. The summed E-state index contributed by atoms with van der Waals surface area (Å²) < 4.78 is 56.1. The van der Waals surface area contributed by atoms with Crippen LogP contribution in [0, 0.1) is 0 Å². The summed E-state index contributed by atoms with van der Waals surface area (Å²) in [6, 6.07) is 9.78. The second kappa shape index (κ2) is 9.58. The molecular weight excluding hydrogens is 474 g/mol. The van der Waals surface area contributed by atoms with E-state index in [2.05, 4.69) is 10.4 Å². The summed E-state index contributed by atoms with van der Waals surface area (Å²) >= 11 is 12.2. The predicted octanol–water partition coefficient (Wildman–Crippen LogP) is 5.23. The van der Waals surface area contributed by atoms with E-state index in [9.17, 15) is 18.0 Å². The van der Waals surface area contributed by atoms with E-state index in [0.29, 0.717) is 11.8 Å². The Balaban J connectivity index is 1.83. The molecule has 3 aromatic rings. The van der Waals surface area contributed by atoms with Crippen molar-refractivity contribution in [3.05, 3.63) is 58.2 Å². The van der Waals surface area contributed by atoms with Gasteiger partial charge in [-0.2, -0.15) is 23.0 Å². The fourth-order valence-corrected chi connectivity index (χ4v) is 3.14. The van der Waals surface area contributed by atoms with Crippen LogP contribution in [0.2, 0.25) is 10.0 Å². The number of anilines is 1. The topological polar surface area (TPSA) is 74.6 Å². The van der Waals surface area contributed by atoms with Crippen LogP contribution >= 0.6 is 23.2 Å². The smallest absolute Gasteiger partial charge is 0.435 e. The third-order valence-corrected chi connectivity index (χ3v) is 4.76. The Morgan fingerprint density at radius 2 is 1.81 bits per heavy atom. The first kappa shape index (κ1) is 23.6. The normalized spacial score (nSPS) is 11.2. The zero-order valence-electron chi connectivity index (χ0n) is 16.7. The molecule has 0 aliphatic rings. The molecule has 0 fully saturated rings. The van der Waals surface area contributed by atoms with Gasteiger partial charge in [-0.05, 0) is 12.1 Å². The van der Waals surface area contributed by atoms with Crippen molar-refractivity contribution in [3.8, 4) is 23.1 Å². The molecule has 0 unspecified atom stereocenters. The van der Waals surface area contributed by atoms with Gasteiger partial charge in [-0.1, -0.05) is 35.3 Å². The number of para-hydroxylation sites is 1. The molecule has 0 saturated carbocycles. The van der Waals surface area contributed by atoms with Crippen molar-refractivity contribution in [1.29, 1.82) is 0 Å². The van der Waals surface area contributed by atoms with Crippen molar-refractivity contribution in [2.24, 2.45) is 0 Å². The number of carbonyl (C=O) groups is 1. The molecule has 1 aromatic heterocycles. The van der Waals surface area contributed by atoms with Crippen LogP contribution in [-0.2, 0) is 11.0 Å². The molecule has 2 aromatic carbocycles. The fraction of sp³-hybridized carbons (Fsp3) is 0.200. The van der Waals surface area contributed by atoms with Gasteiger partial charge in [0.1, 0.15) is 17.2 Å². The monoisotopic (exact) mass is 489 g/mol. The number of carbonyl (C=O) groups excluding carboxylic acids is 1. The molecule has 0 aliphatic heterocycles. The fourth-order valence-electron chi connectivity index (χ4n) is 2.67. The molecule has 7 nitrogen and oxygen atoms in total. The maximum atomic E-state index is 13.2. The molecular formula is C20H16Cl2F3N3O4. The molecule has 3 rings (SSSR count). The highest BCUT2D eigenvalue weighted by Crippen LogP contribution is 2.37. The SMILES string of the molecule is COc1cc(Cl)c(NC(=O)COc2cc(C(F)(F)F)nn2-c2ccccc2Cl)c(OC)c1. The lowest BCUT2D eigenvalue weighted by molar-refractivity contribution is -0.141. The van der Waals surface area contributed by atoms with Crippen LogP contribution in [-0.4, -0.2) is 36.5 Å². The standard InChI is InChI=1S/C20H16Cl2F3N3O4/c1-30-11-7-13(22)19(15(8-11)31-2)26-17(29)10-32-18-9-16(20(23,24)25)27-28(18)14-6-4-3-5-12(14)21/h3-9H,10H2,1-2H3,(H,26,29). The number of aromatic nitrogens is 2. The average molecular weight is 490 g/mol. The summed E-state index contributed by atoms with van der Waals surface area (Å²) in [6.45, 7) is -0.640. The quantitative estimate of drug-likeness (QED) is 0.491. The van der Waals surface area contributed by atoms with Crippen molar-refractivity contribution < 1.29 is 32.2 Å². The van der Waals surface area contributed by atoms with Crippen molar-refractivity contribution >= 4 is 34.8 Å². The van der Waals surface area contributed by atoms with Gasteiger partial charge in [0, 0.05) is 18.2 Å². The molecule has 0 bridgehead atoms. The molecule has 0 saturated heterocycles. The van der Waals surface area contributed by atoms with Gasteiger partial charge in [0.2, 0.25) is 5.88 Å². The lowest BCUT2D eigenvalue weighted by Gasteiger charge is -2.14. The first-order chi connectivity index (χ1) is 15.1. The van der Waals surface area contributed by atoms with E-state index in [0.717, 1.165) is 4.68 Å². The number of hydrogen-bond donors (Lipinski definition) is 1. The number of rotatable bonds is 7. The highest BCUT2D eigenvalue weighted by atomic mass is 35.5. The largest absolute Gasteiger partial charge is 0.497 e. The number of ether oxygens (including phenoxy) is 3. The van der Waals surface area contributed by atoms with E-state index in [1.165, 1.54) is 38.5 Å². The van der Waals surface area contributed by atoms with Gasteiger partial charge in [0.05, 0.1) is 30.0 Å². The number of amides is 1. The lowest BCUT2D eigenvalue weighted by Crippen LogP contribution is -2.21. The van der Waals surface area contributed by atoms with E-state index < -0.39 is 24.4 Å². The van der Waals surface area contributed by atoms with Gasteiger partial charge in [-0.25, -0.2) is 0 Å². The number of nitrogens with one attached hydrogen (secondary N) is 1. The predicted molar refractivity (Wildman–Crippen MR) is 112 cm³/mol. The maximum Gasteiger partial charge on any atom is 0.435 e. The molecule has 0 spiro atoms. The summed E-state index contributed by atoms with van der Waals surface area (Å²) in [5.74, 6) is -0.392. The minimum atomic E-state index is -4.73. The zero-order valence-corrected chi connectivity index (χ0v) is 18.2. The van der Waals surface area contributed by atoms with Crippen molar-refractivity contribution in [3.63, 3.8) is 0 Å². The number of alkyl halides is 3. The molecule has 0 radical (unpaired) electrons. The van der Waals surface area contributed by atoms with Gasteiger partial charge in [0.15, 0.2) is 12.3 Å². The van der Waals surface area contributed by atoms with E-state index in [-0.39, 0.29) is 33.0 Å². The van der Waals surface area contributed by atoms with Crippen LogP contribution in [0.25, 0.3) is 5.69 Å². The molecule has 0 aliphatic carbocycles. The Hall–Kier alpha value is -3.11. The molecule has 1 N–H and O–H groups in total. The molecule has 1 heterocycles. The summed E-state index contributed by atoms with van der Waals surface area (Å²) in [5, 5.41) is 6.32. The minimum Gasteiger partial charge on any atom is -0.497 e. The number of halogens is 5. The van der Waals surface area contributed by atoms with Gasteiger partial charge in [0.25, 0.3) is 5.91 Å². The third-order valence-electron chi connectivity index (χ3n) is 4.15. The Morgan fingerprint density at radius 1 is 1.09 bits per heavy atom. The van der Waals surface area contributed by atoms with Crippen LogP contribution in [0.1, 0.15) is 5.69 Å². The highest BCUT2D eigenvalue weighted by molar-refractivity contribution is 6.34. The molecule has 0 atom stereocenters. The van der Waals surface area contributed by atoms with Crippen molar-refractivity contribution in [1.82, 2.24) is 9.78 Å². The Morgan fingerprint density at radius 3 is 2.44 bits per heavy atom. The number of methoxy groups -OCH3 is 2. The van der Waals surface area contributed by atoms with E-state index >= 15 is 0 Å². The van der Waals surface area contributed by atoms with E-state index in [1.807, 2.05) is 0 Å². The highest BCUT2D eigenvalue weighted by Gasteiger charge is 2.36. The molecule has 170 valence electrons. The van der Waals surface area contributed by atoms with E-state index in [1.54, 1.807) is 12.1 Å². The van der Waals surface area contributed by atoms with Gasteiger partial charge in [-0.15, -0.1) is 0 Å². The molecule has 32 heavy (non-hydrogen) atoms. The van der Waals surface area contributed by atoms with Gasteiger partial charge in [-0.3, -0.25) is 4.79 Å². The molecule has 1 amide bonds. The Kier molecular flexibility index (Phi) is 7.05. The number of hydrogen-bond acceptors (Lipinski definition) is 5. The summed E-state index contributed by atoms with van der Waals surface area (Å²) in [6.07, 6.45) is -4.73. The number of nitrogens with zero attached hydrogens (tertiary/aromatic N) is 2.